The highest BCUT2D eigenvalue weighted by atomic mass is 32.1. The third-order valence-corrected chi connectivity index (χ3v) is 3.93. The summed E-state index contributed by atoms with van der Waals surface area (Å²) in [4.78, 5) is 16.9. The van der Waals surface area contributed by atoms with Crippen LogP contribution in [0, 0.1) is 18.3 Å². The van der Waals surface area contributed by atoms with Crippen molar-refractivity contribution in [2.24, 2.45) is 0 Å². The number of thiophene rings is 1. The number of rotatable bonds is 2. The number of hydrogen-bond donors (Lipinski definition) is 0. The number of fused-ring (bicyclic) bond motifs is 1. The topological polar surface area (TPSA) is 58.2 Å². The van der Waals surface area contributed by atoms with Gasteiger partial charge in [-0.05, 0) is 30.5 Å². The van der Waals surface area contributed by atoms with E-state index in [4.69, 9.17) is 5.26 Å². The zero-order chi connectivity index (χ0) is 13.4. The predicted octanol–water partition coefficient (Wildman–Crippen LogP) is 3.06. The fraction of sp³-hybridized carbons (Fsp3) is 0.0714. The van der Waals surface area contributed by atoms with Crippen molar-refractivity contribution in [2.45, 2.75) is 6.92 Å². The van der Waals surface area contributed by atoms with Crippen molar-refractivity contribution in [2.75, 3.05) is 0 Å². The van der Waals surface area contributed by atoms with Crippen LogP contribution in [0.15, 0.2) is 29.6 Å². The average molecular weight is 267 g/mol. The molecule has 0 spiro atoms. The number of nitrogens with zero attached hydrogens (tertiary/aromatic N) is 3. The lowest BCUT2D eigenvalue weighted by molar-refractivity contribution is 0.111. The SMILES string of the molecule is Cc1c(C#N)ccc2nc(-c3cccs3)c(C=O)n12. The number of pyridine rings is 1. The lowest BCUT2D eigenvalue weighted by Crippen LogP contribution is -1.99. The lowest BCUT2D eigenvalue weighted by atomic mass is 10.2. The Morgan fingerprint density at radius 2 is 2.26 bits per heavy atom. The number of aldehydes is 1. The summed E-state index contributed by atoms with van der Waals surface area (Å²) < 4.78 is 1.74. The number of aromatic nitrogens is 2. The molecule has 0 amide bonds. The molecule has 0 aliphatic carbocycles. The van der Waals surface area contributed by atoms with Crippen LogP contribution < -0.4 is 0 Å². The second-order valence-corrected chi connectivity index (χ2v) is 5.03. The van der Waals surface area contributed by atoms with Crippen molar-refractivity contribution >= 4 is 23.3 Å². The standard InChI is InChI=1S/C14H9N3OS/c1-9-10(7-15)4-5-13-16-14(11(8-18)17(9)13)12-3-2-6-19-12/h2-6,8H,1H3. The lowest BCUT2D eigenvalue weighted by Gasteiger charge is -2.03. The van der Waals surface area contributed by atoms with Gasteiger partial charge in [0.2, 0.25) is 0 Å². The highest BCUT2D eigenvalue weighted by Gasteiger charge is 2.16. The summed E-state index contributed by atoms with van der Waals surface area (Å²) in [5, 5.41) is 11.0. The zero-order valence-electron chi connectivity index (χ0n) is 10.1. The maximum atomic E-state index is 11.4. The summed E-state index contributed by atoms with van der Waals surface area (Å²) in [5.41, 5.74) is 3.13. The van der Waals surface area contributed by atoms with E-state index in [2.05, 4.69) is 11.1 Å². The molecule has 0 aliphatic rings. The molecule has 92 valence electrons. The molecule has 0 saturated carbocycles. The van der Waals surface area contributed by atoms with E-state index in [0.717, 1.165) is 16.9 Å². The fourth-order valence-electron chi connectivity index (χ4n) is 2.14. The molecule has 0 saturated heterocycles. The van der Waals surface area contributed by atoms with Gasteiger partial charge in [0.25, 0.3) is 0 Å². The molecular formula is C14H9N3OS. The Kier molecular flexibility index (Phi) is 2.65. The van der Waals surface area contributed by atoms with Gasteiger partial charge in [0, 0.05) is 5.69 Å². The molecule has 3 rings (SSSR count). The van der Waals surface area contributed by atoms with Gasteiger partial charge in [-0.1, -0.05) is 6.07 Å². The van der Waals surface area contributed by atoms with Crippen molar-refractivity contribution in [3.63, 3.8) is 0 Å². The van der Waals surface area contributed by atoms with Crippen LogP contribution in [0.4, 0.5) is 0 Å². The fourth-order valence-corrected chi connectivity index (χ4v) is 2.86. The van der Waals surface area contributed by atoms with E-state index >= 15 is 0 Å². The van der Waals surface area contributed by atoms with Crippen molar-refractivity contribution in [1.82, 2.24) is 9.38 Å². The first kappa shape index (κ1) is 11.6. The third kappa shape index (κ3) is 1.65. The van der Waals surface area contributed by atoms with Gasteiger partial charge in [-0.2, -0.15) is 5.26 Å². The molecule has 0 N–H and O–H groups in total. The van der Waals surface area contributed by atoms with Crippen molar-refractivity contribution in [3.05, 3.63) is 46.6 Å². The van der Waals surface area contributed by atoms with Crippen molar-refractivity contribution < 1.29 is 4.79 Å². The molecule has 0 radical (unpaired) electrons. The molecule has 3 aromatic heterocycles. The minimum absolute atomic E-state index is 0.493. The number of aryl methyl sites for hydroxylation is 1. The van der Waals surface area contributed by atoms with Crippen molar-refractivity contribution in [1.29, 1.82) is 5.26 Å². The summed E-state index contributed by atoms with van der Waals surface area (Å²) in [6, 6.07) is 9.46. The summed E-state index contributed by atoms with van der Waals surface area (Å²) in [6.07, 6.45) is 0.795. The first-order valence-corrected chi connectivity index (χ1v) is 6.55. The maximum Gasteiger partial charge on any atom is 0.169 e. The second kappa shape index (κ2) is 4.34. The molecule has 3 aromatic rings. The van der Waals surface area contributed by atoms with Crippen LogP contribution in [-0.2, 0) is 0 Å². The van der Waals surface area contributed by atoms with E-state index in [9.17, 15) is 4.79 Å². The van der Waals surface area contributed by atoms with Crippen LogP contribution in [-0.4, -0.2) is 15.7 Å². The third-order valence-electron chi connectivity index (χ3n) is 3.05. The van der Waals surface area contributed by atoms with Gasteiger partial charge in [0.1, 0.15) is 23.1 Å². The first-order valence-electron chi connectivity index (χ1n) is 5.67. The van der Waals surface area contributed by atoms with Gasteiger partial charge >= 0.3 is 0 Å². The summed E-state index contributed by atoms with van der Waals surface area (Å²) in [6.45, 7) is 1.82. The Morgan fingerprint density at radius 3 is 2.89 bits per heavy atom. The molecule has 0 aliphatic heterocycles. The van der Waals surface area contributed by atoms with Crippen LogP contribution in [0.2, 0.25) is 0 Å². The maximum absolute atomic E-state index is 11.4. The number of imidazole rings is 1. The number of carbonyl (C=O) groups excluding carboxylic acids is 1. The molecule has 5 heteroatoms. The van der Waals surface area contributed by atoms with Gasteiger partial charge in [-0.15, -0.1) is 11.3 Å². The zero-order valence-corrected chi connectivity index (χ0v) is 10.9. The summed E-state index contributed by atoms with van der Waals surface area (Å²) in [5.74, 6) is 0. The monoisotopic (exact) mass is 267 g/mol. The Balaban J connectivity index is 2.42. The molecule has 0 atom stereocenters. The Hall–Kier alpha value is -2.45. The van der Waals surface area contributed by atoms with E-state index in [0.29, 0.717) is 22.6 Å². The van der Waals surface area contributed by atoms with Crippen molar-refractivity contribution in [3.8, 4) is 16.6 Å². The molecule has 0 unspecified atom stereocenters. The minimum Gasteiger partial charge on any atom is -0.296 e. The molecule has 0 fully saturated rings. The second-order valence-electron chi connectivity index (χ2n) is 4.08. The highest BCUT2D eigenvalue weighted by molar-refractivity contribution is 7.13. The Labute approximate surface area is 113 Å². The largest absolute Gasteiger partial charge is 0.296 e. The molecule has 4 nitrogen and oxygen atoms in total. The normalized spacial score (nSPS) is 10.5. The van der Waals surface area contributed by atoms with Gasteiger partial charge in [0.05, 0.1) is 10.4 Å². The minimum atomic E-state index is 0.493. The van der Waals surface area contributed by atoms with E-state index in [1.165, 1.54) is 11.3 Å². The molecular weight excluding hydrogens is 258 g/mol. The van der Waals surface area contributed by atoms with E-state index in [1.54, 1.807) is 16.5 Å². The highest BCUT2D eigenvalue weighted by Crippen LogP contribution is 2.28. The van der Waals surface area contributed by atoms with Crippen LogP contribution in [0.1, 0.15) is 21.7 Å². The van der Waals surface area contributed by atoms with Crippen LogP contribution in [0.25, 0.3) is 16.2 Å². The van der Waals surface area contributed by atoms with Gasteiger partial charge < -0.3 is 0 Å². The van der Waals surface area contributed by atoms with Gasteiger partial charge in [0.15, 0.2) is 6.29 Å². The number of carbonyl (C=O) groups is 1. The molecule has 0 bridgehead atoms. The van der Waals surface area contributed by atoms with E-state index < -0.39 is 0 Å². The van der Waals surface area contributed by atoms with Crippen LogP contribution in [0.5, 0.6) is 0 Å². The Bertz CT molecular complexity index is 809. The predicted molar refractivity (Wildman–Crippen MR) is 73.3 cm³/mol. The van der Waals surface area contributed by atoms with Crippen LogP contribution in [0.3, 0.4) is 0 Å². The summed E-state index contributed by atoms with van der Waals surface area (Å²) >= 11 is 1.54. The Morgan fingerprint density at radius 1 is 1.42 bits per heavy atom. The average Bonchev–Trinajstić information content (AvgIpc) is 3.05. The number of nitriles is 1. The van der Waals surface area contributed by atoms with Gasteiger partial charge in [-0.25, -0.2) is 4.98 Å². The first-order chi connectivity index (χ1) is 9.26. The summed E-state index contributed by atoms with van der Waals surface area (Å²) in [7, 11) is 0. The molecule has 3 heterocycles. The number of hydrogen-bond acceptors (Lipinski definition) is 4. The van der Waals surface area contributed by atoms with E-state index in [1.807, 2.05) is 24.4 Å². The smallest absolute Gasteiger partial charge is 0.169 e. The molecule has 19 heavy (non-hydrogen) atoms. The van der Waals surface area contributed by atoms with Gasteiger partial charge in [-0.3, -0.25) is 9.20 Å². The molecule has 0 aromatic carbocycles. The van der Waals surface area contributed by atoms with E-state index in [-0.39, 0.29) is 0 Å². The van der Waals surface area contributed by atoms with Crippen LogP contribution >= 0.6 is 11.3 Å². The quantitative estimate of drug-likeness (QED) is 0.670.